The molecule has 8 nitrogen and oxygen atoms in total. The van der Waals surface area contributed by atoms with E-state index in [1.54, 1.807) is 12.1 Å². The molecule has 1 amide bonds. The van der Waals surface area contributed by atoms with Crippen LogP contribution in [0.1, 0.15) is 17.3 Å². The van der Waals surface area contributed by atoms with Gasteiger partial charge in [-0.15, -0.1) is 0 Å². The van der Waals surface area contributed by atoms with Crippen molar-refractivity contribution in [1.29, 1.82) is 0 Å². The van der Waals surface area contributed by atoms with Crippen molar-refractivity contribution in [1.82, 2.24) is 0 Å². The Bertz CT molecular complexity index is 1320. The van der Waals surface area contributed by atoms with Crippen LogP contribution >= 0.6 is 11.6 Å². The summed E-state index contributed by atoms with van der Waals surface area (Å²) in [5, 5.41) is 2.95. The number of amides is 1. The zero-order valence-corrected chi connectivity index (χ0v) is 19.6. The molecule has 34 heavy (non-hydrogen) atoms. The molecule has 0 saturated heterocycles. The van der Waals surface area contributed by atoms with Crippen LogP contribution in [0.3, 0.4) is 0 Å². The third kappa shape index (κ3) is 6.03. The van der Waals surface area contributed by atoms with E-state index in [9.17, 15) is 22.4 Å². The number of rotatable bonds is 8. The molecule has 0 heterocycles. The standard InChI is InChI=1S/C23H20ClFN2O6S/c1-14(22(28)26-20-13-16(24)9-12-21(20)32-2)33-23(29)15-7-10-17(11-8-15)34(30,31)27-19-6-4-3-5-18(19)25/h3-14,27H,1-2H3,(H,26,28). The highest BCUT2D eigenvalue weighted by Crippen LogP contribution is 2.28. The lowest BCUT2D eigenvalue weighted by Gasteiger charge is -2.15. The van der Waals surface area contributed by atoms with Gasteiger partial charge in [0.05, 0.1) is 28.9 Å². The molecule has 3 aromatic carbocycles. The molecular formula is C23H20ClFN2O6S. The first-order valence-corrected chi connectivity index (χ1v) is 11.7. The number of sulfonamides is 1. The number of benzene rings is 3. The van der Waals surface area contributed by atoms with Crippen LogP contribution in [0.25, 0.3) is 0 Å². The average molecular weight is 507 g/mol. The van der Waals surface area contributed by atoms with Gasteiger partial charge in [-0.05, 0) is 61.5 Å². The lowest BCUT2D eigenvalue weighted by Crippen LogP contribution is -2.30. The van der Waals surface area contributed by atoms with E-state index >= 15 is 0 Å². The van der Waals surface area contributed by atoms with Crippen molar-refractivity contribution in [2.75, 3.05) is 17.1 Å². The molecule has 178 valence electrons. The number of anilines is 2. The smallest absolute Gasteiger partial charge is 0.338 e. The minimum atomic E-state index is -4.09. The number of carbonyl (C=O) groups is 2. The fraction of sp³-hybridized carbons (Fsp3) is 0.130. The zero-order valence-electron chi connectivity index (χ0n) is 18.0. The van der Waals surface area contributed by atoms with Crippen LogP contribution in [0, 0.1) is 5.82 Å². The largest absolute Gasteiger partial charge is 0.495 e. The molecule has 0 aliphatic carbocycles. The minimum Gasteiger partial charge on any atom is -0.495 e. The molecule has 0 spiro atoms. The summed E-state index contributed by atoms with van der Waals surface area (Å²) in [5.41, 5.74) is 0.117. The molecular weight excluding hydrogens is 487 g/mol. The first-order chi connectivity index (χ1) is 16.1. The SMILES string of the molecule is COc1ccc(Cl)cc1NC(=O)C(C)OC(=O)c1ccc(S(=O)(=O)Nc2ccccc2F)cc1. The average Bonchev–Trinajstić information content (AvgIpc) is 2.80. The van der Waals surface area contributed by atoms with E-state index < -0.39 is 33.8 Å². The molecule has 0 aliphatic heterocycles. The summed E-state index contributed by atoms with van der Waals surface area (Å²) in [7, 11) is -2.66. The van der Waals surface area contributed by atoms with Gasteiger partial charge in [-0.3, -0.25) is 9.52 Å². The van der Waals surface area contributed by atoms with Gasteiger partial charge in [-0.2, -0.15) is 0 Å². The summed E-state index contributed by atoms with van der Waals surface area (Å²) in [6.45, 7) is 1.38. The number of hydrogen-bond donors (Lipinski definition) is 2. The van der Waals surface area contributed by atoms with Crippen molar-refractivity contribution < 1.29 is 31.9 Å². The van der Waals surface area contributed by atoms with Gasteiger partial charge in [0.2, 0.25) is 0 Å². The summed E-state index contributed by atoms with van der Waals surface area (Å²) in [6, 6.07) is 14.8. The molecule has 1 atom stereocenters. The Morgan fingerprint density at radius 1 is 1.00 bits per heavy atom. The van der Waals surface area contributed by atoms with E-state index in [0.717, 1.165) is 6.07 Å². The van der Waals surface area contributed by atoms with Gasteiger partial charge in [-0.25, -0.2) is 17.6 Å². The quantitative estimate of drug-likeness (QED) is 0.436. The third-order valence-electron chi connectivity index (χ3n) is 4.59. The van der Waals surface area contributed by atoms with E-state index in [1.165, 1.54) is 62.6 Å². The van der Waals surface area contributed by atoms with Crippen LogP contribution < -0.4 is 14.8 Å². The van der Waals surface area contributed by atoms with Gasteiger partial charge in [0.25, 0.3) is 15.9 Å². The number of esters is 1. The van der Waals surface area contributed by atoms with E-state index in [2.05, 4.69) is 10.0 Å². The van der Waals surface area contributed by atoms with Gasteiger partial charge in [-0.1, -0.05) is 23.7 Å². The van der Waals surface area contributed by atoms with Gasteiger partial charge < -0.3 is 14.8 Å². The van der Waals surface area contributed by atoms with Crippen molar-refractivity contribution in [3.8, 4) is 5.75 Å². The molecule has 3 rings (SSSR count). The van der Waals surface area contributed by atoms with Crippen molar-refractivity contribution in [3.05, 3.63) is 83.1 Å². The lowest BCUT2D eigenvalue weighted by atomic mass is 10.2. The number of methoxy groups -OCH3 is 1. The number of nitrogens with one attached hydrogen (secondary N) is 2. The van der Waals surface area contributed by atoms with E-state index in [4.69, 9.17) is 21.1 Å². The lowest BCUT2D eigenvalue weighted by molar-refractivity contribution is -0.123. The number of para-hydroxylation sites is 1. The molecule has 0 saturated carbocycles. The Balaban J connectivity index is 1.66. The molecule has 0 fully saturated rings. The molecule has 0 radical (unpaired) electrons. The normalized spacial score (nSPS) is 11.9. The third-order valence-corrected chi connectivity index (χ3v) is 6.21. The summed E-state index contributed by atoms with van der Waals surface area (Å²) in [6.07, 6.45) is -1.18. The highest BCUT2D eigenvalue weighted by Gasteiger charge is 2.22. The van der Waals surface area contributed by atoms with Crippen molar-refractivity contribution >= 4 is 44.9 Å². The number of carbonyl (C=O) groups excluding carboxylic acids is 2. The van der Waals surface area contributed by atoms with Crippen LogP contribution in [0.4, 0.5) is 15.8 Å². The second-order valence-corrected chi connectivity index (χ2v) is 9.11. The first-order valence-electron chi connectivity index (χ1n) is 9.83. The summed E-state index contributed by atoms with van der Waals surface area (Å²) < 4.78 is 51.2. The van der Waals surface area contributed by atoms with Crippen molar-refractivity contribution in [2.45, 2.75) is 17.9 Å². The number of halogens is 2. The van der Waals surface area contributed by atoms with Crippen LogP contribution in [0.15, 0.2) is 71.6 Å². The molecule has 3 aromatic rings. The summed E-state index contributed by atoms with van der Waals surface area (Å²) >= 11 is 5.94. The predicted octanol–water partition coefficient (Wildman–Crippen LogP) is 4.47. The molecule has 0 bridgehead atoms. The van der Waals surface area contributed by atoms with Gasteiger partial charge >= 0.3 is 5.97 Å². The maximum atomic E-state index is 13.8. The highest BCUT2D eigenvalue weighted by molar-refractivity contribution is 7.92. The zero-order chi connectivity index (χ0) is 24.9. The summed E-state index contributed by atoms with van der Waals surface area (Å²) in [4.78, 5) is 24.7. The Hall–Kier alpha value is -3.63. The van der Waals surface area contributed by atoms with E-state index in [0.29, 0.717) is 16.5 Å². The van der Waals surface area contributed by atoms with Crippen LogP contribution in [0.2, 0.25) is 5.02 Å². The number of ether oxygens (including phenoxy) is 2. The first kappa shape index (κ1) is 25.0. The highest BCUT2D eigenvalue weighted by atomic mass is 35.5. The maximum absolute atomic E-state index is 13.8. The molecule has 0 aliphatic rings. The maximum Gasteiger partial charge on any atom is 0.338 e. The monoisotopic (exact) mass is 506 g/mol. The van der Waals surface area contributed by atoms with Crippen LogP contribution in [0.5, 0.6) is 5.75 Å². The van der Waals surface area contributed by atoms with Gasteiger partial charge in [0, 0.05) is 5.02 Å². The van der Waals surface area contributed by atoms with Gasteiger partial charge in [0.15, 0.2) is 6.10 Å². The minimum absolute atomic E-state index is 0.0184. The Morgan fingerprint density at radius 2 is 1.68 bits per heavy atom. The second-order valence-electron chi connectivity index (χ2n) is 6.99. The molecule has 0 aromatic heterocycles. The van der Waals surface area contributed by atoms with Crippen molar-refractivity contribution in [3.63, 3.8) is 0 Å². The predicted molar refractivity (Wildman–Crippen MR) is 125 cm³/mol. The number of hydrogen-bond acceptors (Lipinski definition) is 6. The Labute approximate surface area is 200 Å². The van der Waals surface area contributed by atoms with Crippen molar-refractivity contribution in [2.24, 2.45) is 0 Å². The summed E-state index contributed by atoms with van der Waals surface area (Å²) in [5.74, 6) is -1.82. The second kappa shape index (κ2) is 10.5. The van der Waals surface area contributed by atoms with E-state index in [-0.39, 0.29) is 16.1 Å². The van der Waals surface area contributed by atoms with Crippen LogP contribution in [-0.2, 0) is 19.6 Å². The van der Waals surface area contributed by atoms with E-state index in [1.807, 2.05) is 0 Å². The van der Waals surface area contributed by atoms with Crippen LogP contribution in [-0.4, -0.2) is 33.5 Å². The topological polar surface area (TPSA) is 111 Å². The molecule has 11 heteroatoms. The molecule has 1 unspecified atom stereocenters. The molecule has 2 N–H and O–H groups in total. The van der Waals surface area contributed by atoms with Gasteiger partial charge in [0.1, 0.15) is 11.6 Å². The fourth-order valence-electron chi connectivity index (χ4n) is 2.81. The fourth-order valence-corrected chi connectivity index (χ4v) is 4.05. The Morgan fingerprint density at radius 3 is 2.32 bits per heavy atom. The Kier molecular flexibility index (Phi) is 7.75.